The van der Waals surface area contributed by atoms with E-state index in [0.717, 1.165) is 77.0 Å². The topological polar surface area (TPSA) is 216 Å². The maximum absolute atomic E-state index is 11.4. The number of hydrogen-bond acceptors (Lipinski definition) is 19. The summed E-state index contributed by atoms with van der Waals surface area (Å²) in [6.07, 6.45) is -3.78. The van der Waals surface area contributed by atoms with Gasteiger partial charge in [0.2, 0.25) is 0 Å². The second kappa shape index (κ2) is 23.6. The molecule has 0 aromatic rings. The molecule has 19 heteroatoms. The molecule has 0 radical (unpaired) electrons. The zero-order valence-electron chi connectivity index (χ0n) is 43.2. The van der Waals surface area contributed by atoms with E-state index in [1.807, 2.05) is 41.5 Å². The number of rotatable bonds is 22. The highest BCUT2D eigenvalue weighted by Crippen LogP contribution is 2.46. The molecule has 7 rings (SSSR count). The molecule has 7 saturated heterocycles. The first-order chi connectivity index (χ1) is 32.6. The fourth-order valence-electron chi connectivity index (χ4n) is 10.9. The largest absolute Gasteiger partial charge is 0.469 e. The standard InChI is InChI=1S/C50H86O19/c1-13-14-20-23-30(24-21-18-16-15-17-19-22-25-31(51)55-12)60-45-41-39(65-48(6,7)67-41)36(28(4)57-45)62-47-43-40(66-50(10,11)69-43)37(29(5)59-47)63-46-42-38(64-49(8,9)68-42)35(27(3)58-46)61-44-34(54)33(53)32(52)26(2)56-44/h26-30,32-47,52-54H,13-25H2,1-12H3/t26-,27-,28-,29-,30-,32-,33+,34+,35-,36-,37-,38+,39+,40+,41+,42+,43+,44-,45-,46-,47-/m0/s1. The van der Waals surface area contributed by atoms with E-state index >= 15 is 0 Å². The monoisotopic (exact) mass is 991 g/mol. The van der Waals surface area contributed by atoms with Crippen molar-refractivity contribution in [3.05, 3.63) is 0 Å². The Labute approximate surface area is 409 Å². The zero-order valence-corrected chi connectivity index (χ0v) is 43.2. The summed E-state index contributed by atoms with van der Waals surface area (Å²) in [4.78, 5) is 11.4. The van der Waals surface area contributed by atoms with E-state index in [1.165, 1.54) is 7.11 Å². The SMILES string of the molecule is CCCCC[C@@H](CCCCCCCCCC(=O)OC)O[C@@H]1O[C@@H](C)[C@H](O[C@@H]2O[C@@H](C)[C@H](O[C@@H]3O[C@@H](C)[C@H](O[C@@H]4O[C@@H](C)[C@H](O)[C@@H](O)[C@H]4O)[C@H]4OC(C)(C)O[C@@H]34)[C@H]3OC(C)(C)O[C@@H]23)[C@H]2OC(C)(C)O[C@@H]12. The van der Waals surface area contributed by atoms with Crippen molar-refractivity contribution in [2.24, 2.45) is 0 Å². The Hall–Kier alpha value is -1.21. The number of aliphatic hydroxyl groups excluding tert-OH is 3. The van der Waals surface area contributed by atoms with E-state index in [1.54, 1.807) is 27.7 Å². The van der Waals surface area contributed by atoms with Gasteiger partial charge in [-0.1, -0.05) is 64.7 Å². The van der Waals surface area contributed by atoms with Crippen LogP contribution in [-0.2, 0) is 75.8 Å². The van der Waals surface area contributed by atoms with Crippen LogP contribution in [-0.4, -0.2) is 175 Å². The summed E-state index contributed by atoms with van der Waals surface area (Å²) >= 11 is 0. The molecule has 0 aromatic carbocycles. The molecule has 69 heavy (non-hydrogen) atoms. The fourth-order valence-corrected chi connectivity index (χ4v) is 10.9. The number of hydrogen-bond donors (Lipinski definition) is 3. The van der Waals surface area contributed by atoms with Gasteiger partial charge in [0.1, 0.15) is 73.2 Å². The lowest BCUT2D eigenvalue weighted by molar-refractivity contribution is -0.365. The fraction of sp³-hybridized carbons (Fsp3) is 0.980. The Balaban J connectivity index is 0.989. The van der Waals surface area contributed by atoms with Crippen molar-refractivity contribution in [2.45, 2.75) is 306 Å². The minimum atomic E-state index is -1.52. The Morgan fingerprint density at radius 1 is 0.478 bits per heavy atom. The van der Waals surface area contributed by atoms with Gasteiger partial charge in [0.25, 0.3) is 0 Å². The normalized spacial score (nSPS) is 43.8. The van der Waals surface area contributed by atoms with Crippen LogP contribution in [0.15, 0.2) is 0 Å². The van der Waals surface area contributed by atoms with Gasteiger partial charge in [0.05, 0.1) is 37.6 Å². The molecule has 0 saturated carbocycles. The van der Waals surface area contributed by atoms with Crippen molar-refractivity contribution in [3.8, 4) is 0 Å². The van der Waals surface area contributed by atoms with Crippen LogP contribution in [0.4, 0.5) is 0 Å². The van der Waals surface area contributed by atoms with Gasteiger partial charge >= 0.3 is 5.97 Å². The predicted molar refractivity (Wildman–Crippen MR) is 244 cm³/mol. The van der Waals surface area contributed by atoms with Gasteiger partial charge in [-0.3, -0.25) is 4.79 Å². The van der Waals surface area contributed by atoms with Crippen LogP contribution in [0.5, 0.6) is 0 Å². The molecule has 0 spiro atoms. The zero-order chi connectivity index (χ0) is 50.0. The van der Waals surface area contributed by atoms with E-state index in [0.29, 0.717) is 6.42 Å². The minimum Gasteiger partial charge on any atom is -0.469 e. The summed E-state index contributed by atoms with van der Waals surface area (Å²) < 4.78 is 96.5. The van der Waals surface area contributed by atoms with Crippen LogP contribution in [0.25, 0.3) is 0 Å². The minimum absolute atomic E-state index is 0.00514. The van der Waals surface area contributed by atoms with Crippen molar-refractivity contribution in [1.82, 2.24) is 0 Å². The van der Waals surface area contributed by atoms with Crippen LogP contribution in [0.1, 0.15) is 160 Å². The molecule has 0 unspecified atom stereocenters. The highest BCUT2D eigenvalue weighted by molar-refractivity contribution is 5.68. The Morgan fingerprint density at radius 3 is 1.32 bits per heavy atom. The average molecular weight is 991 g/mol. The van der Waals surface area contributed by atoms with Crippen LogP contribution < -0.4 is 0 Å². The highest BCUT2D eigenvalue weighted by Gasteiger charge is 2.63. The molecular weight excluding hydrogens is 905 g/mol. The van der Waals surface area contributed by atoms with Crippen LogP contribution >= 0.6 is 0 Å². The second-order valence-electron chi connectivity index (χ2n) is 21.7. The van der Waals surface area contributed by atoms with Crippen molar-refractivity contribution in [1.29, 1.82) is 0 Å². The molecule has 0 aliphatic carbocycles. The number of ether oxygens (including phenoxy) is 15. The van der Waals surface area contributed by atoms with Gasteiger partial charge in [-0.2, -0.15) is 0 Å². The van der Waals surface area contributed by atoms with Gasteiger partial charge in [0, 0.05) is 6.42 Å². The van der Waals surface area contributed by atoms with Crippen molar-refractivity contribution >= 4 is 5.97 Å². The van der Waals surface area contributed by atoms with Gasteiger partial charge in [0.15, 0.2) is 42.5 Å². The maximum atomic E-state index is 11.4. The van der Waals surface area contributed by atoms with E-state index in [9.17, 15) is 20.1 Å². The third-order valence-electron chi connectivity index (χ3n) is 14.5. The molecule has 19 nitrogen and oxygen atoms in total. The summed E-state index contributed by atoms with van der Waals surface area (Å²) in [6, 6.07) is 0. The number of fused-ring (bicyclic) bond motifs is 3. The van der Waals surface area contributed by atoms with Crippen LogP contribution in [0, 0.1) is 0 Å². The third-order valence-corrected chi connectivity index (χ3v) is 14.5. The molecule has 21 atom stereocenters. The van der Waals surface area contributed by atoms with Gasteiger partial charge < -0.3 is 86.4 Å². The molecule has 400 valence electrons. The number of carbonyl (C=O) groups is 1. The van der Waals surface area contributed by atoms with Gasteiger partial charge in [-0.15, -0.1) is 0 Å². The quantitative estimate of drug-likeness (QED) is 0.0913. The number of aliphatic hydroxyl groups is 3. The van der Waals surface area contributed by atoms with Crippen molar-refractivity contribution in [3.63, 3.8) is 0 Å². The third kappa shape index (κ3) is 13.6. The van der Waals surface area contributed by atoms with E-state index in [4.69, 9.17) is 71.1 Å². The Morgan fingerprint density at radius 2 is 0.855 bits per heavy atom. The van der Waals surface area contributed by atoms with E-state index in [2.05, 4.69) is 6.92 Å². The second-order valence-corrected chi connectivity index (χ2v) is 21.7. The molecule has 7 aliphatic heterocycles. The van der Waals surface area contributed by atoms with Crippen molar-refractivity contribution in [2.75, 3.05) is 7.11 Å². The lowest BCUT2D eigenvalue weighted by atomic mass is 9.96. The number of unbranched alkanes of at least 4 members (excludes halogenated alkanes) is 8. The molecule has 7 heterocycles. The first kappa shape index (κ1) is 55.5. The summed E-state index contributed by atoms with van der Waals surface area (Å²) in [5.74, 6) is -3.15. The molecular formula is C50H86O19. The number of carbonyl (C=O) groups excluding carboxylic acids is 1. The molecule has 0 bridgehead atoms. The first-order valence-corrected chi connectivity index (χ1v) is 26.0. The summed E-state index contributed by atoms with van der Waals surface area (Å²) in [5.41, 5.74) is 0. The van der Waals surface area contributed by atoms with Gasteiger partial charge in [-0.05, 0) is 88.5 Å². The Kier molecular flexibility index (Phi) is 19.0. The summed E-state index contributed by atoms with van der Waals surface area (Å²) in [6.45, 7) is 20.5. The van der Waals surface area contributed by atoms with E-state index < -0.39 is 140 Å². The predicted octanol–water partition coefficient (Wildman–Crippen LogP) is 5.41. The maximum Gasteiger partial charge on any atom is 0.305 e. The lowest BCUT2D eigenvalue weighted by Crippen LogP contribution is -2.65. The lowest BCUT2D eigenvalue weighted by Gasteiger charge is -2.48. The molecule has 7 aliphatic rings. The molecule has 7 fully saturated rings. The number of esters is 1. The molecule has 0 amide bonds. The average Bonchev–Trinajstić information content (AvgIpc) is 3.92. The Bertz CT molecular complexity index is 1620. The molecule has 3 N–H and O–H groups in total. The highest BCUT2D eigenvalue weighted by atomic mass is 16.8. The smallest absolute Gasteiger partial charge is 0.305 e. The van der Waals surface area contributed by atoms with Crippen LogP contribution in [0.2, 0.25) is 0 Å². The summed E-state index contributed by atoms with van der Waals surface area (Å²) in [5, 5.41) is 31.6. The first-order valence-electron chi connectivity index (χ1n) is 26.0. The number of methoxy groups -OCH3 is 1. The van der Waals surface area contributed by atoms with Crippen LogP contribution in [0.3, 0.4) is 0 Å². The van der Waals surface area contributed by atoms with E-state index in [-0.39, 0.29) is 12.1 Å². The summed E-state index contributed by atoms with van der Waals surface area (Å²) in [7, 11) is 1.44. The molecule has 0 aromatic heterocycles. The van der Waals surface area contributed by atoms with Gasteiger partial charge in [-0.25, -0.2) is 0 Å². The van der Waals surface area contributed by atoms with Crippen molar-refractivity contribution < 1.29 is 91.2 Å².